The van der Waals surface area contributed by atoms with E-state index < -0.39 is 68.0 Å². The van der Waals surface area contributed by atoms with Gasteiger partial charge in [-0.3, -0.25) is 4.90 Å². The lowest BCUT2D eigenvalue weighted by molar-refractivity contribution is -0.368. The number of hydrogen-bond donors (Lipinski definition) is 1. The van der Waals surface area contributed by atoms with Crippen molar-refractivity contribution in [3.05, 3.63) is 251 Å². The molecule has 380 valence electrons. The Morgan fingerprint density at radius 2 is 0.740 bits per heavy atom. The van der Waals surface area contributed by atoms with Crippen molar-refractivity contribution in [2.75, 3.05) is 20.3 Å². The fourth-order valence-electron chi connectivity index (χ4n) is 9.65. The quantitative estimate of drug-likeness (QED) is 0.0592. The number of methoxy groups -OCH3 is 1. The van der Waals surface area contributed by atoms with E-state index in [0.29, 0.717) is 19.7 Å². The number of benzene rings is 7. The van der Waals surface area contributed by atoms with Gasteiger partial charge in [-0.05, 0) is 38.9 Å². The van der Waals surface area contributed by atoms with Gasteiger partial charge in [-0.1, -0.05) is 212 Å². The molecule has 10 atom stereocenters. The van der Waals surface area contributed by atoms with Gasteiger partial charge in [0.05, 0.1) is 52.3 Å². The molecule has 0 radical (unpaired) electrons. The van der Waals surface area contributed by atoms with E-state index in [-0.39, 0.29) is 33.0 Å². The summed E-state index contributed by atoms with van der Waals surface area (Å²) in [6.45, 7) is 2.15. The smallest absolute Gasteiger partial charge is 0.187 e. The largest absolute Gasteiger partial charge is 0.394 e. The second kappa shape index (κ2) is 27.4. The van der Waals surface area contributed by atoms with E-state index in [0.717, 1.165) is 38.9 Å². The summed E-state index contributed by atoms with van der Waals surface area (Å²) in [5.74, 6) is 0. The van der Waals surface area contributed by atoms with Crippen molar-refractivity contribution in [3.63, 3.8) is 0 Å². The maximum atomic E-state index is 11.4. The zero-order valence-electron chi connectivity index (χ0n) is 41.4. The summed E-state index contributed by atoms with van der Waals surface area (Å²) in [5.41, 5.74) is 7.11. The van der Waals surface area contributed by atoms with E-state index in [4.69, 9.17) is 42.6 Å². The zero-order valence-corrected chi connectivity index (χ0v) is 41.4. The molecule has 2 saturated heterocycles. The van der Waals surface area contributed by atoms with Gasteiger partial charge in [0.2, 0.25) is 0 Å². The molecule has 7 aromatic carbocycles. The molecule has 0 aliphatic carbocycles. The van der Waals surface area contributed by atoms with Gasteiger partial charge in [-0.25, -0.2) is 0 Å². The lowest BCUT2D eigenvalue weighted by atomic mass is 9.93. The number of rotatable bonds is 25. The molecule has 1 N–H and O–H groups in total. The maximum absolute atomic E-state index is 11.4. The number of hydrogen-bond acceptors (Lipinski definition) is 11. The predicted molar refractivity (Wildman–Crippen MR) is 278 cm³/mol. The van der Waals surface area contributed by atoms with Gasteiger partial charge >= 0.3 is 0 Å². The molecule has 2 heterocycles. The highest BCUT2D eigenvalue weighted by Gasteiger charge is 2.55. The van der Waals surface area contributed by atoms with Gasteiger partial charge in [0, 0.05) is 20.2 Å². The van der Waals surface area contributed by atoms with Crippen molar-refractivity contribution in [1.29, 1.82) is 0 Å². The van der Waals surface area contributed by atoms with Gasteiger partial charge < -0.3 is 47.7 Å². The van der Waals surface area contributed by atoms with Crippen molar-refractivity contribution in [1.82, 2.24) is 4.90 Å². The molecule has 0 bridgehead atoms. The van der Waals surface area contributed by atoms with Crippen LogP contribution in [0.5, 0.6) is 0 Å². The first-order valence-electron chi connectivity index (χ1n) is 25.3. The van der Waals surface area contributed by atoms with Crippen LogP contribution in [0.15, 0.2) is 212 Å². The average molecular weight is 986 g/mol. The Labute approximate surface area is 430 Å². The molecule has 0 unspecified atom stereocenters. The minimum atomic E-state index is -1.12. The monoisotopic (exact) mass is 985 g/mol. The van der Waals surface area contributed by atoms with E-state index in [2.05, 4.69) is 29.2 Å². The third-order valence-corrected chi connectivity index (χ3v) is 13.3. The normalized spacial score (nSPS) is 24.1. The zero-order chi connectivity index (χ0) is 49.9. The molecule has 0 amide bonds. The van der Waals surface area contributed by atoms with Gasteiger partial charge in [-0.2, -0.15) is 0 Å². The van der Waals surface area contributed by atoms with Crippen LogP contribution in [0.25, 0.3) is 0 Å². The third kappa shape index (κ3) is 14.7. The van der Waals surface area contributed by atoms with E-state index in [1.807, 2.05) is 188 Å². The number of aliphatic hydroxyl groups is 1. The third-order valence-electron chi connectivity index (χ3n) is 13.3. The van der Waals surface area contributed by atoms with E-state index in [1.165, 1.54) is 0 Å². The molecule has 2 fully saturated rings. The standard InChI is InChI=1S/C62H67NO10/c1-65-61-55(63(37-46-23-9-2-10-24-46)38-47-25-11-3-12-26-47)58(68-42-50-31-17-6-18-32-50)57(53(39-64)71-61)73-62-60(70-44-52-35-21-8-22-36-52)59(69-43-51-33-19-7-20-34-51)56(67-41-49-29-15-5-16-30-49)54(72-62)45-66-40-48-27-13-4-14-28-48/h2-36,53-62,64H,37-45H2,1H3/t53-,54-,55-,56-,57-,58-,59+,60-,61+,62+/m1/s1. The van der Waals surface area contributed by atoms with Gasteiger partial charge in [0.1, 0.15) is 42.7 Å². The van der Waals surface area contributed by atoms with Crippen LogP contribution in [0.2, 0.25) is 0 Å². The number of ether oxygens (including phenoxy) is 9. The minimum absolute atomic E-state index is 0.139. The van der Waals surface area contributed by atoms with E-state index in [1.54, 1.807) is 7.11 Å². The van der Waals surface area contributed by atoms with E-state index in [9.17, 15) is 5.11 Å². The molecule has 2 aliphatic heterocycles. The molecule has 7 aromatic rings. The Morgan fingerprint density at radius 3 is 1.15 bits per heavy atom. The van der Waals surface area contributed by atoms with Crippen molar-refractivity contribution >= 4 is 0 Å². The number of aliphatic hydroxyl groups excluding tert-OH is 1. The first-order valence-corrected chi connectivity index (χ1v) is 25.3. The molecular weight excluding hydrogens is 919 g/mol. The lowest BCUT2D eigenvalue weighted by Gasteiger charge is -2.52. The van der Waals surface area contributed by atoms with Crippen LogP contribution in [0.3, 0.4) is 0 Å². The Bertz CT molecular complexity index is 2540. The molecule has 11 heteroatoms. The van der Waals surface area contributed by atoms with Gasteiger partial charge in [-0.15, -0.1) is 0 Å². The van der Waals surface area contributed by atoms with Crippen molar-refractivity contribution in [2.45, 2.75) is 107 Å². The Hall–Kier alpha value is -5.90. The average Bonchev–Trinajstić information content (AvgIpc) is 3.45. The van der Waals surface area contributed by atoms with Crippen molar-refractivity contribution in [3.8, 4) is 0 Å². The van der Waals surface area contributed by atoms with Crippen LogP contribution in [-0.2, 0) is 88.8 Å². The summed E-state index contributed by atoms with van der Waals surface area (Å²) < 4.78 is 62.7. The molecule has 0 saturated carbocycles. The molecule has 9 rings (SSSR count). The SMILES string of the molecule is CO[C@H]1O[C@H](CO)[C@@H](O[C@@H]2O[C@H](COCc3ccccc3)[C@@H](OCc3ccccc3)[C@H](OCc3ccccc3)[C@H]2OCc2ccccc2)[C@H](OCc2ccccc2)[C@H]1N(Cc1ccccc1)Cc1ccccc1. The molecule has 11 nitrogen and oxygen atoms in total. The van der Waals surface area contributed by atoms with Crippen LogP contribution in [-0.4, -0.2) is 91.7 Å². The van der Waals surface area contributed by atoms with Gasteiger partial charge in [0.25, 0.3) is 0 Å². The predicted octanol–water partition coefficient (Wildman–Crippen LogP) is 10.1. The van der Waals surface area contributed by atoms with Crippen LogP contribution < -0.4 is 0 Å². The molecular formula is C62H67NO10. The van der Waals surface area contributed by atoms with Crippen molar-refractivity contribution in [2.24, 2.45) is 0 Å². The molecule has 0 aromatic heterocycles. The molecule has 0 spiro atoms. The second-order valence-electron chi connectivity index (χ2n) is 18.5. The van der Waals surface area contributed by atoms with Crippen molar-refractivity contribution < 1.29 is 47.7 Å². The minimum Gasteiger partial charge on any atom is -0.394 e. The fraction of sp³-hybridized carbons (Fsp3) is 0.323. The first-order chi connectivity index (χ1) is 36.1. The van der Waals surface area contributed by atoms with Gasteiger partial charge in [0.15, 0.2) is 12.6 Å². The summed E-state index contributed by atoms with van der Waals surface area (Å²) in [7, 11) is 1.63. The summed E-state index contributed by atoms with van der Waals surface area (Å²) in [4.78, 5) is 2.32. The highest BCUT2D eigenvalue weighted by atomic mass is 16.8. The topological polar surface area (TPSA) is 107 Å². The van der Waals surface area contributed by atoms with E-state index >= 15 is 0 Å². The summed E-state index contributed by atoms with van der Waals surface area (Å²) >= 11 is 0. The highest BCUT2D eigenvalue weighted by molar-refractivity contribution is 5.21. The van der Waals surface area contributed by atoms with Crippen LogP contribution in [0, 0.1) is 0 Å². The fourth-order valence-corrected chi connectivity index (χ4v) is 9.65. The molecule has 2 aliphatic rings. The Kier molecular flexibility index (Phi) is 19.5. The maximum Gasteiger partial charge on any atom is 0.187 e. The molecule has 73 heavy (non-hydrogen) atoms. The Balaban J connectivity index is 1.13. The highest BCUT2D eigenvalue weighted by Crippen LogP contribution is 2.38. The summed E-state index contributed by atoms with van der Waals surface area (Å²) in [6, 6.07) is 70.3. The second-order valence-corrected chi connectivity index (χ2v) is 18.5. The number of nitrogens with zero attached hydrogens (tertiary/aromatic N) is 1. The first kappa shape index (κ1) is 52.0. The van der Waals surface area contributed by atoms with Crippen LogP contribution in [0.4, 0.5) is 0 Å². The van der Waals surface area contributed by atoms with Crippen LogP contribution >= 0.6 is 0 Å². The summed E-state index contributed by atoms with van der Waals surface area (Å²) in [6.07, 6.45) is -7.61. The lowest BCUT2D eigenvalue weighted by Crippen LogP contribution is -2.68. The van der Waals surface area contributed by atoms with Crippen LogP contribution in [0.1, 0.15) is 38.9 Å². The summed E-state index contributed by atoms with van der Waals surface area (Å²) in [5, 5.41) is 11.4. The Morgan fingerprint density at radius 1 is 0.384 bits per heavy atom.